The van der Waals surface area contributed by atoms with Gasteiger partial charge in [0.2, 0.25) is 0 Å². The minimum atomic E-state index is -1.03. The number of aromatic carboxylic acids is 1. The van der Waals surface area contributed by atoms with E-state index in [1.165, 1.54) is 6.07 Å². The summed E-state index contributed by atoms with van der Waals surface area (Å²) in [7, 11) is 0. The molecule has 0 spiro atoms. The first-order chi connectivity index (χ1) is 10.5. The Labute approximate surface area is 138 Å². The van der Waals surface area contributed by atoms with Crippen LogP contribution >= 0.6 is 23.2 Å². The molecule has 0 radical (unpaired) electrons. The van der Waals surface area contributed by atoms with Gasteiger partial charge < -0.3 is 15.2 Å². The third-order valence-corrected chi connectivity index (χ3v) is 3.79. The number of nitrogens with one attached hydrogen (secondary N) is 1. The molecule has 0 aliphatic carbocycles. The lowest BCUT2D eigenvalue weighted by Crippen LogP contribution is -2.14. The van der Waals surface area contributed by atoms with Crippen LogP contribution in [0.15, 0.2) is 36.4 Å². The smallest absolute Gasteiger partial charge is 0.337 e. The van der Waals surface area contributed by atoms with E-state index in [2.05, 4.69) is 5.32 Å². The molecule has 6 heteroatoms. The van der Waals surface area contributed by atoms with Crippen molar-refractivity contribution in [3.63, 3.8) is 0 Å². The van der Waals surface area contributed by atoms with Crippen LogP contribution in [0.25, 0.3) is 0 Å². The minimum Gasteiger partial charge on any atom is -0.492 e. The zero-order chi connectivity index (χ0) is 16.1. The topological polar surface area (TPSA) is 58.6 Å². The Morgan fingerprint density at radius 1 is 1.23 bits per heavy atom. The largest absolute Gasteiger partial charge is 0.492 e. The van der Waals surface area contributed by atoms with E-state index >= 15 is 0 Å². The van der Waals surface area contributed by atoms with Crippen molar-refractivity contribution in [2.45, 2.75) is 6.92 Å². The summed E-state index contributed by atoms with van der Waals surface area (Å²) < 4.78 is 5.59. The number of aryl methyl sites for hydroxylation is 1. The fourth-order valence-corrected chi connectivity index (χ4v) is 2.29. The number of rotatable bonds is 6. The van der Waals surface area contributed by atoms with Crippen molar-refractivity contribution >= 4 is 34.9 Å². The number of ether oxygens (including phenoxy) is 1. The Morgan fingerprint density at radius 3 is 2.68 bits per heavy atom. The molecule has 0 saturated carbocycles. The molecule has 0 aromatic heterocycles. The highest BCUT2D eigenvalue weighted by Gasteiger charge is 2.12. The fourth-order valence-electron chi connectivity index (χ4n) is 1.93. The lowest BCUT2D eigenvalue weighted by Gasteiger charge is -2.12. The van der Waals surface area contributed by atoms with Crippen molar-refractivity contribution in [1.82, 2.24) is 0 Å². The summed E-state index contributed by atoms with van der Waals surface area (Å²) in [5.74, 6) is -0.319. The molecule has 0 amide bonds. The standard InChI is InChI=1S/C16H15Cl2NO3/c1-10-9-11(5-6-13(10)17)22-8-7-19-15-12(16(20)21)3-2-4-14(15)18/h2-6,9,19H,7-8H2,1H3,(H,20,21). The molecule has 22 heavy (non-hydrogen) atoms. The molecule has 2 aromatic rings. The first-order valence-electron chi connectivity index (χ1n) is 6.63. The van der Waals surface area contributed by atoms with Crippen LogP contribution in [0.3, 0.4) is 0 Å². The number of benzene rings is 2. The van der Waals surface area contributed by atoms with Gasteiger partial charge in [-0.15, -0.1) is 0 Å². The second-order valence-corrected chi connectivity index (χ2v) is 5.47. The summed E-state index contributed by atoms with van der Waals surface area (Å²) in [5, 5.41) is 13.2. The molecule has 0 saturated heterocycles. The second-order valence-electron chi connectivity index (χ2n) is 4.65. The monoisotopic (exact) mass is 339 g/mol. The van der Waals surface area contributed by atoms with Gasteiger partial charge in [-0.3, -0.25) is 0 Å². The zero-order valence-electron chi connectivity index (χ0n) is 11.9. The molecule has 0 aliphatic rings. The maximum atomic E-state index is 11.2. The molecule has 0 atom stereocenters. The highest BCUT2D eigenvalue weighted by atomic mass is 35.5. The number of hydrogen-bond acceptors (Lipinski definition) is 3. The SMILES string of the molecule is Cc1cc(OCCNc2c(Cl)cccc2C(=O)O)ccc1Cl. The predicted molar refractivity (Wildman–Crippen MR) is 88.6 cm³/mol. The Morgan fingerprint density at radius 2 is 2.00 bits per heavy atom. The third kappa shape index (κ3) is 4.06. The first-order valence-corrected chi connectivity index (χ1v) is 7.39. The Kier molecular flexibility index (Phi) is 5.52. The van der Waals surface area contributed by atoms with E-state index in [0.29, 0.717) is 34.6 Å². The second kappa shape index (κ2) is 7.38. The van der Waals surface area contributed by atoms with E-state index in [9.17, 15) is 4.79 Å². The summed E-state index contributed by atoms with van der Waals surface area (Å²) in [6.07, 6.45) is 0. The summed E-state index contributed by atoms with van der Waals surface area (Å²) in [4.78, 5) is 11.2. The average molecular weight is 340 g/mol. The van der Waals surface area contributed by atoms with E-state index < -0.39 is 5.97 Å². The molecule has 2 rings (SSSR count). The van der Waals surface area contributed by atoms with Crippen molar-refractivity contribution in [2.24, 2.45) is 0 Å². The molecule has 2 aromatic carbocycles. The summed E-state index contributed by atoms with van der Waals surface area (Å²) in [6.45, 7) is 2.69. The van der Waals surface area contributed by atoms with Crippen LogP contribution < -0.4 is 10.1 Å². The van der Waals surface area contributed by atoms with Crippen LogP contribution in [-0.2, 0) is 0 Å². The van der Waals surface area contributed by atoms with Crippen LogP contribution in [-0.4, -0.2) is 24.2 Å². The maximum Gasteiger partial charge on any atom is 0.337 e. The molecular formula is C16H15Cl2NO3. The maximum absolute atomic E-state index is 11.2. The number of carboxylic acid groups (broad SMARTS) is 1. The van der Waals surface area contributed by atoms with E-state index in [0.717, 1.165) is 5.56 Å². The van der Waals surface area contributed by atoms with E-state index in [4.69, 9.17) is 33.0 Å². The Hall–Kier alpha value is -1.91. The molecule has 116 valence electrons. The number of anilines is 1. The highest BCUT2D eigenvalue weighted by Crippen LogP contribution is 2.26. The molecular weight excluding hydrogens is 325 g/mol. The van der Waals surface area contributed by atoms with E-state index in [1.54, 1.807) is 24.3 Å². The molecule has 0 bridgehead atoms. The van der Waals surface area contributed by atoms with Crippen molar-refractivity contribution in [1.29, 1.82) is 0 Å². The molecule has 0 unspecified atom stereocenters. The van der Waals surface area contributed by atoms with E-state index in [1.807, 2.05) is 13.0 Å². The van der Waals surface area contributed by atoms with Crippen molar-refractivity contribution in [3.8, 4) is 5.75 Å². The average Bonchev–Trinajstić information content (AvgIpc) is 2.48. The van der Waals surface area contributed by atoms with Crippen molar-refractivity contribution < 1.29 is 14.6 Å². The highest BCUT2D eigenvalue weighted by molar-refractivity contribution is 6.34. The molecule has 2 N–H and O–H groups in total. The molecule has 0 fully saturated rings. The summed E-state index contributed by atoms with van der Waals surface area (Å²) in [5.41, 5.74) is 1.47. The lowest BCUT2D eigenvalue weighted by atomic mass is 10.2. The molecule has 0 heterocycles. The van der Waals surface area contributed by atoms with Gasteiger partial charge in [-0.05, 0) is 42.8 Å². The number of halogens is 2. The first kappa shape index (κ1) is 16.5. The number of carboxylic acids is 1. The van der Waals surface area contributed by atoms with Gasteiger partial charge >= 0.3 is 5.97 Å². The predicted octanol–water partition coefficient (Wildman–Crippen LogP) is 4.49. The number of para-hydroxylation sites is 1. The minimum absolute atomic E-state index is 0.134. The van der Waals surface area contributed by atoms with Gasteiger partial charge in [-0.25, -0.2) is 4.79 Å². The van der Waals surface area contributed by atoms with Crippen LogP contribution in [0.5, 0.6) is 5.75 Å². The molecule has 4 nitrogen and oxygen atoms in total. The van der Waals surface area contributed by atoms with Gasteiger partial charge in [0.05, 0.1) is 16.3 Å². The van der Waals surface area contributed by atoms with Crippen molar-refractivity contribution in [2.75, 3.05) is 18.5 Å². The van der Waals surface area contributed by atoms with Crippen LogP contribution in [0.1, 0.15) is 15.9 Å². The summed E-state index contributed by atoms with van der Waals surface area (Å²) in [6, 6.07) is 10.1. The van der Waals surface area contributed by atoms with E-state index in [-0.39, 0.29) is 5.56 Å². The van der Waals surface area contributed by atoms with Gasteiger partial charge in [0.25, 0.3) is 0 Å². The summed E-state index contributed by atoms with van der Waals surface area (Å²) >= 11 is 12.0. The van der Waals surface area contributed by atoms with Crippen LogP contribution in [0.2, 0.25) is 10.0 Å². The zero-order valence-corrected chi connectivity index (χ0v) is 13.4. The van der Waals surface area contributed by atoms with Gasteiger partial charge in [-0.2, -0.15) is 0 Å². The fraction of sp³-hybridized carbons (Fsp3) is 0.188. The normalized spacial score (nSPS) is 10.3. The van der Waals surface area contributed by atoms with Gasteiger partial charge in [0.15, 0.2) is 0 Å². The van der Waals surface area contributed by atoms with Crippen LogP contribution in [0, 0.1) is 6.92 Å². The van der Waals surface area contributed by atoms with Gasteiger partial charge in [0.1, 0.15) is 12.4 Å². The Balaban J connectivity index is 1.94. The van der Waals surface area contributed by atoms with Crippen molar-refractivity contribution in [3.05, 3.63) is 57.6 Å². The quantitative estimate of drug-likeness (QED) is 0.761. The van der Waals surface area contributed by atoms with Crippen LogP contribution in [0.4, 0.5) is 5.69 Å². The molecule has 0 aliphatic heterocycles. The third-order valence-electron chi connectivity index (χ3n) is 3.05. The lowest BCUT2D eigenvalue weighted by molar-refractivity contribution is 0.0698. The Bertz CT molecular complexity index is 689. The van der Waals surface area contributed by atoms with Gasteiger partial charge in [0, 0.05) is 11.6 Å². The number of carbonyl (C=O) groups is 1. The van der Waals surface area contributed by atoms with Gasteiger partial charge in [-0.1, -0.05) is 29.3 Å². The number of hydrogen-bond donors (Lipinski definition) is 2.